The molecule has 0 aromatic heterocycles. The average Bonchev–Trinajstić information content (AvgIpc) is 3.84. The van der Waals surface area contributed by atoms with Crippen LogP contribution in [-0.2, 0) is 0 Å². The lowest BCUT2D eigenvalue weighted by atomic mass is 9.85. The molecule has 3 nitrogen and oxygen atoms in total. The van der Waals surface area contributed by atoms with Crippen molar-refractivity contribution in [3.63, 3.8) is 0 Å². The fourth-order valence-corrected chi connectivity index (χ4v) is 10.7. The first-order valence-corrected chi connectivity index (χ1v) is 21.4. The van der Waals surface area contributed by atoms with Gasteiger partial charge in [0.05, 0.1) is 11.4 Å². The van der Waals surface area contributed by atoms with E-state index in [1.165, 1.54) is 87.2 Å². The highest BCUT2D eigenvalue weighted by atomic mass is 15.1. The maximum absolute atomic E-state index is 9.80. The fraction of sp³-hybridized carbons (Fsp3) is 0.0333. The molecule has 0 unspecified atom stereocenters. The van der Waals surface area contributed by atoms with Gasteiger partial charge in [0.15, 0.2) is 0 Å². The van der Waals surface area contributed by atoms with Gasteiger partial charge in [0.25, 0.3) is 0 Å². The number of benzene rings is 10. The van der Waals surface area contributed by atoms with E-state index in [0.29, 0.717) is 0 Å². The molecule has 0 saturated carbocycles. The van der Waals surface area contributed by atoms with Crippen LogP contribution in [-0.4, -0.2) is 0 Å². The van der Waals surface area contributed by atoms with Crippen LogP contribution in [0, 0.1) is 36.5 Å². The molecule has 0 bridgehead atoms. The second-order valence-corrected chi connectivity index (χ2v) is 16.6. The van der Waals surface area contributed by atoms with Crippen LogP contribution >= 0.6 is 0 Å². The third kappa shape index (κ3) is 5.24. The van der Waals surface area contributed by atoms with Gasteiger partial charge in [-0.2, -0.15) is 10.5 Å². The molecule has 12 aromatic rings. The van der Waals surface area contributed by atoms with Crippen LogP contribution in [0.1, 0.15) is 16.7 Å². The number of anilines is 3. The number of aryl methyl sites for hydroxylation is 2. The summed E-state index contributed by atoms with van der Waals surface area (Å²) in [4.78, 5) is 2.44. The Labute approximate surface area is 364 Å². The second kappa shape index (κ2) is 14.0. The molecule has 292 valence electrons. The van der Waals surface area contributed by atoms with Gasteiger partial charge < -0.3 is 4.90 Å². The van der Waals surface area contributed by atoms with Crippen LogP contribution in [0.15, 0.2) is 188 Å². The number of nitrogens with zero attached hydrogens (tertiary/aromatic N) is 3. The van der Waals surface area contributed by atoms with Gasteiger partial charge >= 0.3 is 0 Å². The van der Waals surface area contributed by atoms with E-state index in [-0.39, 0.29) is 5.57 Å². The summed E-state index contributed by atoms with van der Waals surface area (Å²) >= 11 is 0. The Balaban J connectivity index is 1.31. The zero-order valence-electron chi connectivity index (χ0n) is 34.7. The number of fused-ring (bicyclic) bond motifs is 7. The second-order valence-electron chi connectivity index (χ2n) is 16.6. The van der Waals surface area contributed by atoms with Crippen molar-refractivity contribution in [2.24, 2.45) is 0 Å². The number of allylic oxidation sites excluding steroid dienone is 1. The summed E-state index contributed by atoms with van der Waals surface area (Å²) < 4.78 is 0. The largest absolute Gasteiger partial charge is 0.309 e. The minimum Gasteiger partial charge on any atom is -0.309 e. The van der Waals surface area contributed by atoms with Gasteiger partial charge in [-0.25, -0.2) is 0 Å². The minimum absolute atomic E-state index is 0.0849. The Kier molecular flexibility index (Phi) is 8.10. The van der Waals surface area contributed by atoms with Crippen molar-refractivity contribution in [1.82, 2.24) is 0 Å². The van der Waals surface area contributed by atoms with E-state index < -0.39 is 0 Å². The SMILES string of the molecule is Cc1ccccc1-c1c2c3cccc4c(C=C(C#N)C#N)ccc(c2c(-c2ccccc2C)c2c5ccc(N(c6ccccc6)c6cccc7ccccc67)c6cccc(c12)c65)c43. The quantitative estimate of drug-likeness (QED) is 0.157. The third-order valence-electron chi connectivity index (χ3n) is 13.3. The number of rotatable bonds is 6. The van der Waals surface area contributed by atoms with E-state index in [0.717, 1.165) is 44.2 Å². The smallest absolute Gasteiger partial charge is 0.130 e. The van der Waals surface area contributed by atoms with Crippen molar-refractivity contribution in [1.29, 1.82) is 10.5 Å². The number of para-hydroxylation sites is 1. The molecule has 0 heterocycles. The maximum atomic E-state index is 9.80. The van der Waals surface area contributed by atoms with Gasteiger partial charge in [0, 0.05) is 16.5 Å². The zero-order valence-corrected chi connectivity index (χ0v) is 34.7. The lowest BCUT2D eigenvalue weighted by molar-refractivity contribution is 1.31. The van der Waals surface area contributed by atoms with E-state index in [1.807, 2.05) is 0 Å². The standard InChI is InChI=1S/C60H37N3/c1-36-15-6-9-21-42(36)55-57-47-26-13-24-45-40(33-38(34-61)35-62)29-30-49(53(45)47)59(57)56(43-22-10-7-16-37(43)2)60-50-31-32-52(46-25-14-27-48(54(46)50)58(55)60)63(41-19-4-3-5-20-41)51-28-12-18-39-17-8-11-23-44(39)51/h3-33H,1-2H3. The molecule has 0 fully saturated rings. The van der Waals surface area contributed by atoms with Crippen LogP contribution in [0.2, 0.25) is 0 Å². The molecule has 0 atom stereocenters. The van der Waals surface area contributed by atoms with Crippen LogP contribution in [0.3, 0.4) is 0 Å². The summed E-state index contributed by atoms with van der Waals surface area (Å²) in [5.74, 6) is 0. The van der Waals surface area contributed by atoms with Gasteiger partial charge in [-0.05, 0) is 148 Å². The molecule has 63 heavy (non-hydrogen) atoms. The van der Waals surface area contributed by atoms with Crippen LogP contribution in [0.5, 0.6) is 0 Å². The average molecular weight is 800 g/mol. The molecule has 0 N–H and O–H groups in total. The van der Waals surface area contributed by atoms with Gasteiger partial charge in [-0.3, -0.25) is 0 Å². The Morgan fingerprint density at radius 1 is 0.397 bits per heavy atom. The van der Waals surface area contributed by atoms with Crippen molar-refractivity contribution in [2.75, 3.05) is 4.90 Å². The molecular weight excluding hydrogens is 763 g/mol. The number of nitriles is 2. The highest BCUT2D eigenvalue weighted by Gasteiger charge is 2.30. The van der Waals surface area contributed by atoms with Crippen LogP contribution in [0.4, 0.5) is 17.1 Å². The van der Waals surface area contributed by atoms with Crippen molar-refractivity contribution in [2.45, 2.75) is 13.8 Å². The molecule has 0 amide bonds. The third-order valence-corrected chi connectivity index (χ3v) is 13.3. The highest BCUT2D eigenvalue weighted by Crippen LogP contribution is 2.57. The summed E-state index contributed by atoms with van der Waals surface area (Å²) in [6.45, 7) is 4.45. The molecule has 0 spiro atoms. The fourth-order valence-electron chi connectivity index (χ4n) is 10.7. The van der Waals surface area contributed by atoms with Crippen LogP contribution in [0.25, 0.3) is 104 Å². The van der Waals surface area contributed by atoms with Crippen molar-refractivity contribution in [3.05, 3.63) is 204 Å². The first-order chi connectivity index (χ1) is 31.1. The minimum atomic E-state index is 0.0849. The zero-order chi connectivity index (χ0) is 42.3. The van der Waals surface area contributed by atoms with E-state index in [9.17, 15) is 10.5 Å². The van der Waals surface area contributed by atoms with E-state index in [1.54, 1.807) is 6.08 Å². The normalized spacial score (nSPS) is 11.6. The van der Waals surface area contributed by atoms with E-state index in [2.05, 4.69) is 213 Å². The molecule has 0 aliphatic carbocycles. The first-order valence-electron chi connectivity index (χ1n) is 21.4. The molecule has 3 heteroatoms. The van der Waals surface area contributed by atoms with Gasteiger partial charge in [0.2, 0.25) is 0 Å². The van der Waals surface area contributed by atoms with Crippen molar-refractivity contribution >= 4 is 98.5 Å². The van der Waals surface area contributed by atoms with Gasteiger partial charge in [-0.15, -0.1) is 0 Å². The molecule has 0 radical (unpaired) electrons. The molecule has 12 aromatic carbocycles. The Morgan fingerprint density at radius 2 is 0.857 bits per heavy atom. The van der Waals surface area contributed by atoms with Crippen LogP contribution < -0.4 is 4.90 Å². The highest BCUT2D eigenvalue weighted by molar-refractivity contribution is 6.47. The van der Waals surface area contributed by atoms with Crippen molar-refractivity contribution < 1.29 is 0 Å². The lowest BCUT2D eigenvalue weighted by Gasteiger charge is -2.28. The summed E-state index contributed by atoms with van der Waals surface area (Å²) in [5, 5.41) is 36.3. The van der Waals surface area contributed by atoms with Gasteiger partial charge in [0.1, 0.15) is 17.7 Å². The molecule has 0 saturated heterocycles. The lowest BCUT2D eigenvalue weighted by Crippen LogP contribution is -2.10. The predicted octanol–water partition coefficient (Wildman–Crippen LogP) is 16.5. The molecule has 0 aliphatic heterocycles. The summed E-state index contributed by atoms with van der Waals surface area (Å²) in [7, 11) is 0. The maximum Gasteiger partial charge on any atom is 0.130 e. The summed E-state index contributed by atoms with van der Waals surface area (Å²) in [5.41, 5.74) is 11.6. The molecule has 12 rings (SSSR count). The molecule has 0 aliphatic rings. The Bertz CT molecular complexity index is 3830. The van der Waals surface area contributed by atoms with Gasteiger partial charge in [-0.1, -0.05) is 158 Å². The molecular formula is C60H37N3. The monoisotopic (exact) mass is 799 g/mol. The Hall–Kier alpha value is -8.50. The van der Waals surface area contributed by atoms with E-state index in [4.69, 9.17) is 0 Å². The van der Waals surface area contributed by atoms with E-state index >= 15 is 0 Å². The van der Waals surface area contributed by atoms with Crippen molar-refractivity contribution in [3.8, 4) is 34.4 Å². The summed E-state index contributed by atoms with van der Waals surface area (Å²) in [6.07, 6.45) is 1.72. The number of hydrogen-bond acceptors (Lipinski definition) is 3. The topological polar surface area (TPSA) is 50.8 Å². The number of hydrogen-bond donors (Lipinski definition) is 0. The Morgan fingerprint density at radius 3 is 1.49 bits per heavy atom. The first kappa shape index (κ1) is 36.4. The predicted molar refractivity (Wildman–Crippen MR) is 266 cm³/mol. The summed E-state index contributed by atoms with van der Waals surface area (Å²) in [6, 6.07) is 70.2.